The van der Waals surface area contributed by atoms with Gasteiger partial charge in [0.2, 0.25) is 0 Å². The first-order valence-electron chi connectivity index (χ1n) is 2.75. The van der Waals surface area contributed by atoms with Crippen molar-refractivity contribution >= 4 is 0 Å². The van der Waals surface area contributed by atoms with Gasteiger partial charge >= 0.3 is 0 Å². The minimum absolute atomic E-state index is 0.438. The molecule has 0 N–H and O–H groups in total. The molecule has 0 amide bonds. The minimum Gasteiger partial charge on any atom is -0.364 e. The zero-order chi connectivity index (χ0) is 6.41. The highest BCUT2D eigenvalue weighted by Crippen LogP contribution is 1.99. The second kappa shape index (κ2) is 4.56. The molecule has 0 saturated carbocycles. The van der Waals surface area contributed by atoms with E-state index in [1.54, 1.807) is 0 Å². The molecule has 48 valence electrons. The molecule has 0 fully saturated rings. The van der Waals surface area contributed by atoms with Crippen molar-refractivity contribution in [2.45, 2.75) is 20.3 Å². The van der Waals surface area contributed by atoms with E-state index >= 15 is 0 Å². The molecule has 3 nitrogen and oxygen atoms in total. The molecule has 0 aliphatic heterocycles. The lowest BCUT2D eigenvalue weighted by molar-refractivity contribution is 0.107. The van der Waals surface area contributed by atoms with Gasteiger partial charge in [0.25, 0.3) is 0 Å². The van der Waals surface area contributed by atoms with Crippen LogP contribution in [0.25, 0.3) is 0 Å². The minimum atomic E-state index is 0.438. The maximum Gasteiger partial charge on any atom is 0.155 e. The highest BCUT2D eigenvalue weighted by atomic mass is 16.7. The first-order valence-corrected chi connectivity index (χ1v) is 2.75. The summed E-state index contributed by atoms with van der Waals surface area (Å²) in [6.07, 6.45) is 1.02. The Morgan fingerprint density at radius 1 is 1.75 bits per heavy atom. The third kappa shape index (κ3) is 3.59. The van der Waals surface area contributed by atoms with Crippen LogP contribution >= 0.6 is 0 Å². The molecule has 0 aliphatic carbocycles. The van der Waals surface area contributed by atoms with Gasteiger partial charge in [0.15, 0.2) is 5.34 Å². The predicted octanol–water partition coefficient (Wildman–Crippen LogP) is 1.73. The van der Waals surface area contributed by atoms with Crippen molar-refractivity contribution in [1.82, 2.24) is 0 Å². The third-order valence-electron chi connectivity index (χ3n) is 1.11. The van der Waals surface area contributed by atoms with E-state index in [2.05, 4.69) is 10.2 Å². The SMILES string of the molecule is CCC(C)CON=O. The van der Waals surface area contributed by atoms with Gasteiger partial charge in [-0.2, -0.15) is 0 Å². The molecule has 8 heavy (non-hydrogen) atoms. The average molecular weight is 117 g/mol. The number of rotatable bonds is 4. The summed E-state index contributed by atoms with van der Waals surface area (Å²) < 4.78 is 0. The Morgan fingerprint density at radius 3 is 2.75 bits per heavy atom. The van der Waals surface area contributed by atoms with Crippen molar-refractivity contribution in [2.24, 2.45) is 11.3 Å². The molecule has 0 spiro atoms. The van der Waals surface area contributed by atoms with E-state index < -0.39 is 0 Å². The third-order valence-corrected chi connectivity index (χ3v) is 1.11. The van der Waals surface area contributed by atoms with Crippen molar-refractivity contribution in [2.75, 3.05) is 6.61 Å². The van der Waals surface area contributed by atoms with E-state index in [0.717, 1.165) is 6.42 Å². The largest absolute Gasteiger partial charge is 0.364 e. The van der Waals surface area contributed by atoms with Gasteiger partial charge in [-0.3, -0.25) is 0 Å². The van der Waals surface area contributed by atoms with Crippen molar-refractivity contribution in [3.05, 3.63) is 4.91 Å². The molecule has 0 heterocycles. The van der Waals surface area contributed by atoms with Crippen LogP contribution in [0.3, 0.4) is 0 Å². The maximum atomic E-state index is 9.35. The van der Waals surface area contributed by atoms with Crippen molar-refractivity contribution in [3.63, 3.8) is 0 Å². The number of hydrogen-bond acceptors (Lipinski definition) is 3. The van der Waals surface area contributed by atoms with E-state index in [-0.39, 0.29) is 0 Å². The van der Waals surface area contributed by atoms with Gasteiger partial charge in [0.1, 0.15) is 6.61 Å². The fourth-order valence-corrected chi connectivity index (χ4v) is 0.276. The Labute approximate surface area is 49.0 Å². The Hall–Kier alpha value is -0.600. The molecule has 0 aromatic rings. The quantitative estimate of drug-likeness (QED) is 0.415. The molecule has 0 rings (SSSR count). The highest BCUT2D eigenvalue weighted by Gasteiger charge is 1.96. The molecule has 0 radical (unpaired) electrons. The summed E-state index contributed by atoms with van der Waals surface area (Å²) >= 11 is 0. The van der Waals surface area contributed by atoms with Gasteiger partial charge in [0.05, 0.1) is 0 Å². The average Bonchev–Trinajstić information content (AvgIpc) is 1.83. The molecule has 0 saturated heterocycles. The monoisotopic (exact) mass is 117 g/mol. The van der Waals surface area contributed by atoms with E-state index in [1.165, 1.54) is 0 Å². The lowest BCUT2D eigenvalue weighted by Gasteiger charge is -2.01. The van der Waals surface area contributed by atoms with Crippen LogP contribution in [0.5, 0.6) is 0 Å². The fourth-order valence-electron chi connectivity index (χ4n) is 0.276. The zero-order valence-corrected chi connectivity index (χ0v) is 5.26. The summed E-state index contributed by atoms with van der Waals surface area (Å²) in [6, 6.07) is 0. The second-order valence-electron chi connectivity index (χ2n) is 1.88. The van der Waals surface area contributed by atoms with Crippen LogP contribution in [0.15, 0.2) is 5.34 Å². The summed E-state index contributed by atoms with van der Waals surface area (Å²) in [5.74, 6) is 0.438. The van der Waals surface area contributed by atoms with Crippen molar-refractivity contribution in [1.29, 1.82) is 0 Å². The summed E-state index contributed by atoms with van der Waals surface area (Å²) in [5.41, 5.74) is 0. The van der Waals surface area contributed by atoms with Crippen LogP contribution in [0.2, 0.25) is 0 Å². The molecule has 0 aliphatic rings. The van der Waals surface area contributed by atoms with Gasteiger partial charge in [-0.25, -0.2) is 0 Å². The van der Waals surface area contributed by atoms with Crippen LogP contribution in [-0.2, 0) is 4.84 Å². The van der Waals surface area contributed by atoms with Gasteiger partial charge in [-0.05, 0) is 5.92 Å². The molecule has 0 aromatic heterocycles. The lowest BCUT2D eigenvalue weighted by atomic mass is 10.1. The lowest BCUT2D eigenvalue weighted by Crippen LogP contribution is -1.99. The zero-order valence-electron chi connectivity index (χ0n) is 5.26. The Kier molecular flexibility index (Phi) is 4.21. The normalized spacial score (nSPS) is 12.8. The first kappa shape index (κ1) is 7.40. The summed E-state index contributed by atoms with van der Waals surface area (Å²) in [5, 5.41) is 2.27. The second-order valence-corrected chi connectivity index (χ2v) is 1.88. The Bertz CT molecular complexity index is 65.4. The molecule has 1 atom stereocenters. The van der Waals surface area contributed by atoms with Crippen LogP contribution in [-0.4, -0.2) is 6.61 Å². The van der Waals surface area contributed by atoms with E-state index in [0.29, 0.717) is 12.5 Å². The number of hydrogen-bond donors (Lipinski definition) is 0. The summed E-state index contributed by atoms with van der Waals surface area (Å²) in [4.78, 5) is 13.6. The molecular formula is C5H11NO2. The van der Waals surface area contributed by atoms with Crippen molar-refractivity contribution < 1.29 is 4.84 Å². The molecule has 1 unspecified atom stereocenters. The number of nitrogens with zero attached hydrogens (tertiary/aromatic N) is 1. The predicted molar refractivity (Wildman–Crippen MR) is 31.2 cm³/mol. The first-order chi connectivity index (χ1) is 3.81. The van der Waals surface area contributed by atoms with Gasteiger partial charge < -0.3 is 4.84 Å². The van der Waals surface area contributed by atoms with Crippen molar-refractivity contribution in [3.8, 4) is 0 Å². The Morgan fingerprint density at radius 2 is 2.38 bits per heavy atom. The van der Waals surface area contributed by atoms with E-state index in [4.69, 9.17) is 0 Å². The van der Waals surface area contributed by atoms with Gasteiger partial charge in [-0.15, -0.1) is 4.91 Å². The molecule has 3 heteroatoms. The fraction of sp³-hybridized carbons (Fsp3) is 1.00. The smallest absolute Gasteiger partial charge is 0.155 e. The van der Waals surface area contributed by atoms with Gasteiger partial charge in [0, 0.05) is 0 Å². The highest BCUT2D eigenvalue weighted by molar-refractivity contribution is 4.43. The Balaban J connectivity index is 2.97. The van der Waals surface area contributed by atoms with Crippen LogP contribution in [0, 0.1) is 10.8 Å². The topological polar surface area (TPSA) is 38.7 Å². The standard InChI is InChI=1S/C5H11NO2/c1-3-5(2)4-8-6-7/h5H,3-4H2,1-2H3. The van der Waals surface area contributed by atoms with E-state index in [9.17, 15) is 4.91 Å². The van der Waals surface area contributed by atoms with Gasteiger partial charge in [-0.1, -0.05) is 20.3 Å². The maximum absolute atomic E-state index is 9.35. The molecule has 0 aromatic carbocycles. The molecular weight excluding hydrogens is 106 g/mol. The van der Waals surface area contributed by atoms with Crippen LogP contribution in [0.4, 0.5) is 0 Å². The molecule has 0 bridgehead atoms. The summed E-state index contributed by atoms with van der Waals surface area (Å²) in [7, 11) is 0. The summed E-state index contributed by atoms with van der Waals surface area (Å²) in [6.45, 7) is 4.49. The van der Waals surface area contributed by atoms with Crippen LogP contribution < -0.4 is 0 Å². The van der Waals surface area contributed by atoms with Crippen LogP contribution in [0.1, 0.15) is 20.3 Å². The van der Waals surface area contributed by atoms with E-state index in [1.807, 2.05) is 13.8 Å².